The Labute approximate surface area is 209 Å². The molecule has 1 saturated carbocycles. The van der Waals surface area contributed by atoms with Gasteiger partial charge in [0.2, 0.25) is 0 Å². The maximum atomic E-state index is 12.3. The Morgan fingerprint density at radius 1 is 0.917 bits per heavy atom. The van der Waals surface area contributed by atoms with Crippen LogP contribution in [0.1, 0.15) is 53.5 Å². The van der Waals surface area contributed by atoms with Crippen molar-refractivity contribution >= 4 is 12.1 Å². The van der Waals surface area contributed by atoms with E-state index in [-0.39, 0.29) is 25.5 Å². The van der Waals surface area contributed by atoms with Gasteiger partial charge in [-0.05, 0) is 52.6 Å². The summed E-state index contributed by atoms with van der Waals surface area (Å²) in [6.45, 7) is 0.338. The van der Waals surface area contributed by atoms with Crippen LogP contribution in [0.3, 0.4) is 0 Å². The van der Waals surface area contributed by atoms with E-state index in [2.05, 4.69) is 29.6 Å². The summed E-state index contributed by atoms with van der Waals surface area (Å²) in [5.74, 6) is -0.871. The molecule has 0 heterocycles. The van der Waals surface area contributed by atoms with Crippen molar-refractivity contribution in [2.45, 2.75) is 42.8 Å². The third-order valence-corrected chi connectivity index (χ3v) is 7.38. The summed E-state index contributed by atoms with van der Waals surface area (Å²) < 4.78 is 5.49. The van der Waals surface area contributed by atoms with E-state index in [9.17, 15) is 24.9 Å². The zero-order valence-electron chi connectivity index (χ0n) is 19.8. The summed E-state index contributed by atoms with van der Waals surface area (Å²) in [6.07, 6.45) is -1.48. The molecule has 2 unspecified atom stereocenters. The second kappa shape index (κ2) is 9.76. The van der Waals surface area contributed by atoms with Crippen LogP contribution in [0.4, 0.5) is 4.79 Å². The van der Waals surface area contributed by atoms with Crippen LogP contribution in [0.5, 0.6) is 0 Å². The van der Waals surface area contributed by atoms with Gasteiger partial charge in [0, 0.05) is 12.5 Å². The molecule has 0 bridgehead atoms. The molecule has 0 aromatic heterocycles. The Morgan fingerprint density at radius 2 is 1.50 bits per heavy atom. The maximum absolute atomic E-state index is 12.3. The van der Waals surface area contributed by atoms with E-state index >= 15 is 0 Å². The summed E-state index contributed by atoms with van der Waals surface area (Å²) >= 11 is 0. The van der Waals surface area contributed by atoms with Crippen LogP contribution in [-0.2, 0) is 14.9 Å². The van der Waals surface area contributed by atoms with Crippen molar-refractivity contribution < 1.29 is 29.6 Å². The fourth-order valence-corrected chi connectivity index (χ4v) is 5.10. The zero-order valence-corrected chi connectivity index (χ0v) is 19.8. The van der Waals surface area contributed by atoms with Crippen LogP contribution >= 0.6 is 0 Å². The molecular weight excluding hydrogens is 458 g/mol. The summed E-state index contributed by atoms with van der Waals surface area (Å²) in [5, 5.41) is 33.0. The van der Waals surface area contributed by atoms with Crippen molar-refractivity contribution in [3.63, 3.8) is 0 Å². The molecular formula is C29H29NO6. The average Bonchev–Trinajstić information content (AvgIpc) is 3.66. The van der Waals surface area contributed by atoms with E-state index in [0.717, 1.165) is 22.3 Å². The standard InChI is InChI=1S/C29H29NO6/c31-25(26(32)18-9-11-19(12-10-18)29(14-15-29)27(33)34)13-16-30-28(35)36-17-24-22-7-3-1-5-20(22)21-6-2-4-8-23(21)24/h1-12,24-26,31-32H,13-17H2,(H,30,35)(H,33,34). The monoisotopic (exact) mass is 487 g/mol. The molecule has 4 N–H and O–H groups in total. The predicted molar refractivity (Wildman–Crippen MR) is 134 cm³/mol. The van der Waals surface area contributed by atoms with Gasteiger partial charge in [0.1, 0.15) is 12.7 Å². The van der Waals surface area contributed by atoms with Gasteiger partial charge in [0.25, 0.3) is 0 Å². The number of benzene rings is 3. The van der Waals surface area contributed by atoms with Crippen LogP contribution in [-0.4, -0.2) is 46.6 Å². The van der Waals surface area contributed by atoms with Crippen molar-refractivity contribution in [2.75, 3.05) is 13.2 Å². The predicted octanol–water partition coefficient (Wildman–Crippen LogP) is 4.13. The highest BCUT2D eigenvalue weighted by Crippen LogP contribution is 2.48. The summed E-state index contributed by atoms with van der Waals surface area (Å²) in [4.78, 5) is 23.8. The minimum atomic E-state index is -1.15. The van der Waals surface area contributed by atoms with Crippen LogP contribution in [0.15, 0.2) is 72.8 Å². The lowest BCUT2D eigenvalue weighted by Gasteiger charge is -2.19. The lowest BCUT2D eigenvalue weighted by molar-refractivity contribution is -0.140. The van der Waals surface area contributed by atoms with E-state index in [1.165, 1.54) is 0 Å². The van der Waals surface area contributed by atoms with E-state index < -0.39 is 29.7 Å². The van der Waals surface area contributed by atoms with Crippen molar-refractivity contribution in [1.29, 1.82) is 0 Å². The smallest absolute Gasteiger partial charge is 0.407 e. The highest BCUT2D eigenvalue weighted by molar-refractivity contribution is 5.85. The molecule has 3 aromatic rings. The Bertz CT molecular complexity index is 1220. The number of carbonyl (C=O) groups excluding carboxylic acids is 1. The minimum absolute atomic E-state index is 0.0329. The highest BCUT2D eigenvalue weighted by atomic mass is 16.5. The topological polar surface area (TPSA) is 116 Å². The van der Waals surface area contributed by atoms with Gasteiger partial charge >= 0.3 is 12.1 Å². The molecule has 2 aliphatic carbocycles. The summed E-state index contributed by atoms with van der Waals surface area (Å²) in [6, 6.07) is 22.9. The normalized spacial score (nSPS) is 16.9. The zero-order chi connectivity index (χ0) is 25.3. The number of amides is 1. The molecule has 7 heteroatoms. The third kappa shape index (κ3) is 4.47. The van der Waals surface area contributed by atoms with Crippen molar-refractivity contribution in [3.05, 3.63) is 95.1 Å². The van der Waals surface area contributed by atoms with Gasteiger partial charge in [0.15, 0.2) is 0 Å². The van der Waals surface area contributed by atoms with E-state index in [1.54, 1.807) is 24.3 Å². The van der Waals surface area contributed by atoms with Crippen LogP contribution in [0, 0.1) is 0 Å². The number of alkyl carbamates (subject to hydrolysis) is 1. The summed E-state index contributed by atoms with van der Waals surface area (Å²) in [5.41, 5.74) is 4.96. The molecule has 0 saturated heterocycles. The molecule has 2 atom stereocenters. The number of nitrogens with one attached hydrogen (secondary N) is 1. The number of aliphatic carboxylic acids is 1. The quantitative estimate of drug-likeness (QED) is 0.361. The molecule has 2 aliphatic rings. The molecule has 1 amide bonds. The molecule has 5 rings (SSSR count). The molecule has 3 aromatic carbocycles. The molecule has 186 valence electrons. The molecule has 36 heavy (non-hydrogen) atoms. The maximum Gasteiger partial charge on any atom is 0.407 e. The first-order valence-corrected chi connectivity index (χ1v) is 12.2. The molecule has 1 fully saturated rings. The Hall–Kier alpha value is -3.68. The molecule has 0 radical (unpaired) electrons. The summed E-state index contributed by atoms with van der Waals surface area (Å²) in [7, 11) is 0. The third-order valence-electron chi connectivity index (χ3n) is 7.38. The Kier molecular flexibility index (Phi) is 6.51. The van der Waals surface area contributed by atoms with E-state index in [1.807, 2.05) is 24.3 Å². The lowest BCUT2D eigenvalue weighted by atomic mass is 9.93. The average molecular weight is 488 g/mol. The van der Waals surface area contributed by atoms with Crippen LogP contribution < -0.4 is 5.32 Å². The number of carboxylic acids is 1. The van der Waals surface area contributed by atoms with Gasteiger partial charge in [0.05, 0.1) is 11.5 Å². The van der Waals surface area contributed by atoms with Gasteiger partial charge in [-0.25, -0.2) is 4.79 Å². The fraction of sp³-hybridized carbons (Fsp3) is 0.310. The van der Waals surface area contributed by atoms with Crippen LogP contribution in [0.25, 0.3) is 11.1 Å². The highest BCUT2D eigenvalue weighted by Gasteiger charge is 2.51. The first kappa shape index (κ1) is 24.0. The number of carboxylic acid groups (broad SMARTS) is 1. The number of rotatable bonds is 9. The second-order valence-electron chi connectivity index (χ2n) is 9.56. The molecule has 7 nitrogen and oxygen atoms in total. The largest absolute Gasteiger partial charge is 0.481 e. The molecule has 0 spiro atoms. The Morgan fingerprint density at radius 3 is 2.06 bits per heavy atom. The van der Waals surface area contributed by atoms with Crippen molar-refractivity contribution in [3.8, 4) is 11.1 Å². The van der Waals surface area contributed by atoms with Crippen molar-refractivity contribution in [1.82, 2.24) is 5.32 Å². The van der Waals surface area contributed by atoms with Gasteiger partial charge in [-0.2, -0.15) is 0 Å². The van der Waals surface area contributed by atoms with Gasteiger partial charge in [-0.1, -0.05) is 72.8 Å². The number of hydrogen-bond donors (Lipinski definition) is 4. The van der Waals surface area contributed by atoms with E-state index in [4.69, 9.17) is 4.74 Å². The van der Waals surface area contributed by atoms with Crippen LogP contribution in [0.2, 0.25) is 0 Å². The fourth-order valence-electron chi connectivity index (χ4n) is 5.10. The molecule has 0 aliphatic heterocycles. The first-order chi connectivity index (χ1) is 17.4. The number of carbonyl (C=O) groups is 2. The minimum Gasteiger partial charge on any atom is -0.481 e. The lowest BCUT2D eigenvalue weighted by Crippen LogP contribution is -2.30. The second-order valence-corrected chi connectivity index (χ2v) is 9.56. The number of aliphatic hydroxyl groups is 2. The SMILES string of the molecule is O=C(NCCC(O)C(O)c1ccc(C2(C(=O)O)CC2)cc1)OCC1c2ccccc2-c2ccccc21. The number of hydrogen-bond acceptors (Lipinski definition) is 5. The Balaban J connectivity index is 1.10. The van der Waals surface area contributed by atoms with Gasteiger partial charge in [-0.15, -0.1) is 0 Å². The van der Waals surface area contributed by atoms with Crippen molar-refractivity contribution in [2.24, 2.45) is 0 Å². The first-order valence-electron chi connectivity index (χ1n) is 12.2. The van der Waals surface area contributed by atoms with Gasteiger partial charge in [-0.3, -0.25) is 4.79 Å². The number of fused-ring (bicyclic) bond motifs is 3. The van der Waals surface area contributed by atoms with Gasteiger partial charge < -0.3 is 25.4 Å². The number of aliphatic hydroxyl groups excluding tert-OH is 2. The van der Waals surface area contributed by atoms with E-state index in [0.29, 0.717) is 24.0 Å². The number of ether oxygens (including phenoxy) is 1.